The van der Waals surface area contributed by atoms with Crippen molar-refractivity contribution in [2.45, 2.75) is 39.2 Å². The molecule has 1 atom stereocenters. The van der Waals surface area contributed by atoms with Crippen LogP contribution in [0.5, 0.6) is 0 Å². The van der Waals surface area contributed by atoms with Crippen molar-refractivity contribution in [2.24, 2.45) is 5.92 Å². The molecule has 6 heteroatoms. The molecule has 0 aliphatic rings. The maximum atomic E-state index is 11.9. The van der Waals surface area contributed by atoms with Crippen LogP contribution in [0.15, 0.2) is 18.3 Å². The number of carboxylic acids is 1. The van der Waals surface area contributed by atoms with Gasteiger partial charge in [0.25, 0.3) is 5.91 Å². The number of hydrogen-bond acceptors (Lipinski definition) is 4. The highest BCUT2D eigenvalue weighted by Crippen LogP contribution is 2.15. The molecule has 3 N–H and O–H groups in total. The van der Waals surface area contributed by atoms with Crippen LogP contribution in [0.4, 0.5) is 0 Å². The number of carbonyl (C=O) groups excluding carboxylic acids is 1. The highest BCUT2D eigenvalue weighted by Gasteiger charge is 2.21. The van der Waals surface area contributed by atoms with Gasteiger partial charge in [0, 0.05) is 12.7 Å². The van der Waals surface area contributed by atoms with Crippen molar-refractivity contribution >= 4 is 11.9 Å². The van der Waals surface area contributed by atoms with Crippen LogP contribution in [0.3, 0.4) is 0 Å². The molecule has 1 unspecified atom stereocenters. The molecule has 0 fully saturated rings. The summed E-state index contributed by atoms with van der Waals surface area (Å²) in [6.07, 6.45) is 2.68. The molecule has 21 heavy (non-hydrogen) atoms. The standard InChI is InChI=1S/C15H22N2O4/c1-10(2)6-7-15(3,21)9-17-13(18)11-4-5-12(14(19)20)16-8-11/h4-5,8,10,21H,6-7,9H2,1-3H3,(H,17,18)(H,19,20). The van der Waals surface area contributed by atoms with Gasteiger partial charge in [-0.1, -0.05) is 13.8 Å². The van der Waals surface area contributed by atoms with Crippen LogP contribution in [-0.2, 0) is 0 Å². The number of pyridine rings is 1. The van der Waals surface area contributed by atoms with E-state index in [2.05, 4.69) is 24.1 Å². The lowest BCUT2D eigenvalue weighted by molar-refractivity contribution is 0.0429. The highest BCUT2D eigenvalue weighted by molar-refractivity contribution is 5.94. The average Bonchev–Trinajstić information content (AvgIpc) is 2.43. The maximum absolute atomic E-state index is 11.9. The van der Waals surface area contributed by atoms with Gasteiger partial charge in [0.1, 0.15) is 5.69 Å². The fourth-order valence-corrected chi connectivity index (χ4v) is 1.72. The summed E-state index contributed by atoms with van der Waals surface area (Å²) in [5, 5.41) is 21.5. The Labute approximate surface area is 124 Å². The van der Waals surface area contributed by atoms with E-state index in [1.165, 1.54) is 18.3 Å². The summed E-state index contributed by atoms with van der Waals surface area (Å²) < 4.78 is 0. The topological polar surface area (TPSA) is 99.5 Å². The molecule has 0 radical (unpaired) electrons. The zero-order valence-electron chi connectivity index (χ0n) is 12.6. The number of rotatable bonds is 7. The van der Waals surface area contributed by atoms with Crippen LogP contribution in [0.1, 0.15) is 54.5 Å². The molecule has 1 aromatic rings. The second-order valence-corrected chi connectivity index (χ2v) is 5.85. The lowest BCUT2D eigenvalue weighted by Gasteiger charge is -2.24. The average molecular weight is 294 g/mol. The molecule has 1 heterocycles. The van der Waals surface area contributed by atoms with Crippen LogP contribution in [0.25, 0.3) is 0 Å². The SMILES string of the molecule is CC(C)CCC(C)(O)CNC(=O)c1ccc(C(=O)O)nc1. The molecule has 1 rings (SSSR count). The Balaban J connectivity index is 2.55. The van der Waals surface area contributed by atoms with E-state index >= 15 is 0 Å². The molecule has 0 aromatic carbocycles. The molecule has 0 bridgehead atoms. The molecule has 0 spiro atoms. The van der Waals surface area contributed by atoms with Crippen LogP contribution in [0, 0.1) is 5.92 Å². The summed E-state index contributed by atoms with van der Waals surface area (Å²) in [5.74, 6) is -1.04. The summed E-state index contributed by atoms with van der Waals surface area (Å²) >= 11 is 0. The van der Waals surface area contributed by atoms with Gasteiger partial charge in [0.2, 0.25) is 0 Å². The largest absolute Gasteiger partial charge is 0.477 e. The van der Waals surface area contributed by atoms with Crippen LogP contribution >= 0.6 is 0 Å². The number of carboxylic acid groups (broad SMARTS) is 1. The molecule has 0 saturated heterocycles. The van der Waals surface area contributed by atoms with Gasteiger partial charge < -0.3 is 15.5 Å². The molecule has 1 amide bonds. The number of aliphatic hydroxyl groups is 1. The Morgan fingerprint density at radius 3 is 2.52 bits per heavy atom. The van der Waals surface area contributed by atoms with Crippen molar-refractivity contribution in [3.05, 3.63) is 29.6 Å². The number of amides is 1. The van der Waals surface area contributed by atoms with Crippen molar-refractivity contribution in [1.29, 1.82) is 0 Å². The minimum atomic E-state index is -1.14. The Morgan fingerprint density at radius 1 is 1.38 bits per heavy atom. The molecule has 0 saturated carbocycles. The second-order valence-electron chi connectivity index (χ2n) is 5.85. The zero-order valence-corrected chi connectivity index (χ0v) is 12.6. The van der Waals surface area contributed by atoms with Gasteiger partial charge in [-0.05, 0) is 37.8 Å². The lowest BCUT2D eigenvalue weighted by Crippen LogP contribution is -2.40. The number of nitrogens with one attached hydrogen (secondary N) is 1. The number of aromatic nitrogens is 1. The summed E-state index contributed by atoms with van der Waals surface area (Å²) in [6.45, 7) is 5.97. The van der Waals surface area contributed by atoms with E-state index in [0.29, 0.717) is 12.3 Å². The van der Waals surface area contributed by atoms with Crippen molar-refractivity contribution in [3.8, 4) is 0 Å². The Kier molecular flexibility index (Phi) is 5.84. The van der Waals surface area contributed by atoms with Gasteiger partial charge in [-0.25, -0.2) is 9.78 Å². The van der Waals surface area contributed by atoms with Gasteiger partial charge in [-0.3, -0.25) is 4.79 Å². The first kappa shape index (κ1) is 17.1. The predicted octanol–water partition coefficient (Wildman–Crippen LogP) is 1.70. The third-order valence-electron chi connectivity index (χ3n) is 3.13. The summed E-state index contributed by atoms with van der Waals surface area (Å²) in [4.78, 5) is 26.3. The molecule has 0 aliphatic heterocycles. The van der Waals surface area contributed by atoms with E-state index in [9.17, 15) is 14.7 Å². The first-order chi connectivity index (χ1) is 9.71. The zero-order chi connectivity index (χ0) is 16.0. The second kappa shape index (κ2) is 7.17. The van der Waals surface area contributed by atoms with E-state index in [1.54, 1.807) is 6.92 Å². The fraction of sp³-hybridized carbons (Fsp3) is 0.533. The summed E-state index contributed by atoms with van der Waals surface area (Å²) in [7, 11) is 0. The summed E-state index contributed by atoms with van der Waals surface area (Å²) in [5.41, 5.74) is -0.816. The van der Waals surface area contributed by atoms with Crippen molar-refractivity contribution in [1.82, 2.24) is 10.3 Å². The van der Waals surface area contributed by atoms with Gasteiger partial charge in [0.15, 0.2) is 0 Å². The number of nitrogens with zero attached hydrogens (tertiary/aromatic N) is 1. The minimum Gasteiger partial charge on any atom is -0.477 e. The molecule has 1 aromatic heterocycles. The van der Waals surface area contributed by atoms with E-state index in [4.69, 9.17) is 5.11 Å². The number of carbonyl (C=O) groups is 2. The maximum Gasteiger partial charge on any atom is 0.354 e. The van der Waals surface area contributed by atoms with Gasteiger partial charge in [0.05, 0.1) is 11.2 Å². The monoisotopic (exact) mass is 294 g/mol. The normalized spacial score (nSPS) is 13.8. The Bertz CT molecular complexity index is 495. The quantitative estimate of drug-likeness (QED) is 0.710. The molecule has 0 aliphatic carbocycles. The van der Waals surface area contributed by atoms with Crippen LogP contribution in [-0.4, -0.2) is 39.2 Å². The third-order valence-corrected chi connectivity index (χ3v) is 3.13. The van der Waals surface area contributed by atoms with Gasteiger partial charge in [-0.15, -0.1) is 0 Å². The van der Waals surface area contributed by atoms with E-state index in [-0.39, 0.29) is 23.7 Å². The molecular formula is C15H22N2O4. The smallest absolute Gasteiger partial charge is 0.354 e. The molecular weight excluding hydrogens is 272 g/mol. The van der Waals surface area contributed by atoms with Gasteiger partial charge >= 0.3 is 5.97 Å². The molecule has 116 valence electrons. The number of hydrogen-bond donors (Lipinski definition) is 3. The first-order valence-corrected chi connectivity index (χ1v) is 6.91. The van der Waals surface area contributed by atoms with Crippen molar-refractivity contribution in [3.63, 3.8) is 0 Å². The van der Waals surface area contributed by atoms with Crippen LogP contribution in [0.2, 0.25) is 0 Å². The highest BCUT2D eigenvalue weighted by atomic mass is 16.4. The Hall–Kier alpha value is -1.95. The van der Waals surface area contributed by atoms with Gasteiger partial charge in [-0.2, -0.15) is 0 Å². The minimum absolute atomic E-state index is 0.115. The van der Waals surface area contributed by atoms with Crippen molar-refractivity contribution in [2.75, 3.05) is 6.54 Å². The Morgan fingerprint density at radius 2 is 2.05 bits per heavy atom. The lowest BCUT2D eigenvalue weighted by atomic mass is 9.95. The van der Waals surface area contributed by atoms with E-state index < -0.39 is 11.6 Å². The summed E-state index contributed by atoms with van der Waals surface area (Å²) in [6, 6.07) is 2.67. The fourth-order valence-electron chi connectivity index (χ4n) is 1.72. The third kappa shape index (κ3) is 5.91. The van der Waals surface area contributed by atoms with Crippen molar-refractivity contribution < 1.29 is 19.8 Å². The number of aromatic carboxylic acids is 1. The van der Waals surface area contributed by atoms with Crippen LogP contribution < -0.4 is 5.32 Å². The van der Waals surface area contributed by atoms with E-state index in [0.717, 1.165) is 6.42 Å². The predicted molar refractivity (Wildman–Crippen MR) is 78.2 cm³/mol. The first-order valence-electron chi connectivity index (χ1n) is 6.91. The van der Waals surface area contributed by atoms with E-state index in [1.807, 2.05) is 0 Å². The molecule has 6 nitrogen and oxygen atoms in total.